The summed E-state index contributed by atoms with van der Waals surface area (Å²) in [6, 6.07) is 8.04. The summed E-state index contributed by atoms with van der Waals surface area (Å²) in [6.45, 7) is 5.05. The highest BCUT2D eigenvalue weighted by atomic mass is 16.3. The normalized spacial score (nSPS) is 24.8. The van der Waals surface area contributed by atoms with E-state index in [1.54, 1.807) is 11.8 Å². The number of aliphatic hydroxyl groups is 1. The van der Waals surface area contributed by atoms with E-state index in [0.717, 1.165) is 37.1 Å². The lowest BCUT2D eigenvalue weighted by Gasteiger charge is -2.28. The molecule has 2 fully saturated rings. The molecular formula is C20H28N2O3. The molecule has 136 valence electrons. The zero-order valence-electron chi connectivity index (χ0n) is 15.1. The number of amides is 2. The standard InChI is InChI=1S/C20H28N2O3/c1-3-15-7-4-5-9-18(15)22-13-16(12-19(22)24)20(25)21-10-6-8-17(21)11-14(2)23/h4-5,7,9,14,16-17,23H,3,6,8,10-13H2,1-2H3. The van der Waals surface area contributed by atoms with Gasteiger partial charge in [0, 0.05) is 31.2 Å². The number of likely N-dealkylation sites (tertiary alicyclic amines) is 1. The SMILES string of the molecule is CCc1ccccc1N1CC(C(=O)N2CCCC2CC(C)O)CC1=O. The number of carbonyl (C=O) groups excluding carboxylic acids is 2. The van der Waals surface area contributed by atoms with Gasteiger partial charge in [0.2, 0.25) is 11.8 Å². The molecule has 1 aromatic rings. The van der Waals surface area contributed by atoms with Crippen LogP contribution in [0.15, 0.2) is 24.3 Å². The first-order valence-electron chi connectivity index (χ1n) is 9.38. The van der Waals surface area contributed by atoms with Crippen LogP contribution in [-0.2, 0) is 16.0 Å². The molecule has 3 unspecified atom stereocenters. The first-order valence-corrected chi connectivity index (χ1v) is 9.38. The van der Waals surface area contributed by atoms with Crippen molar-refractivity contribution in [2.45, 2.75) is 58.1 Å². The maximum absolute atomic E-state index is 13.0. The van der Waals surface area contributed by atoms with E-state index in [1.807, 2.05) is 29.2 Å². The van der Waals surface area contributed by atoms with E-state index in [1.165, 1.54) is 0 Å². The molecule has 1 N–H and O–H groups in total. The molecule has 0 spiro atoms. The Balaban J connectivity index is 1.72. The van der Waals surface area contributed by atoms with E-state index < -0.39 is 6.10 Å². The number of anilines is 1. The van der Waals surface area contributed by atoms with Crippen LogP contribution in [0, 0.1) is 5.92 Å². The van der Waals surface area contributed by atoms with Gasteiger partial charge >= 0.3 is 0 Å². The Morgan fingerprint density at radius 3 is 2.84 bits per heavy atom. The van der Waals surface area contributed by atoms with Crippen molar-refractivity contribution < 1.29 is 14.7 Å². The number of aliphatic hydroxyl groups excluding tert-OH is 1. The Labute approximate surface area is 149 Å². The molecule has 3 rings (SSSR count). The van der Waals surface area contributed by atoms with Crippen LogP contribution < -0.4 is 4.90 Å². The largest absolute Gasteiger partial charge is 0.393 e. The maximum Gasteiger partial charge on any atom is 0.228 e. The predicted octanol–water partition coefficient (Wildman–Crippen LogP) is 2.36. The first-order chi connectivity index (χ1) is 12.0. The molecular weight excluding hydrogens is 316 g/mol. The molecule has 2 aliphatic rings. The van der Waals surface area contributed by atoms with Crippen LogP contribution in [0.5, 0.6) is 0 Å². The minimum absolute atomic E-state index is 0.0329. The molecule has 0 bridgehead atoms. The van der Waals surface area contributed by atoms with Crippen molar-refractivity contribution in [2.24, 2.45) is 5.92 Å². The Hall–Kier alpha value is -1.88. The molecule has 2 aliphatic heterocycles. The van der Waals surface area contributed by atoms with Crippen LogP contribution in [0.4, 0.5) is 5.69 Å². The van der Waals surface area contributed by atoms with Gasteiger partial charge in [-0.15, -0.1) is 0 Å². The second-order valence-electron chi connectivity index (χ2n) is 7.30. The van der Waals surface area contributed by atoms with Crippen LogP contribution in [0.3, 0.4) is 0 Å². The molecule has 3 atom stereocenters. The zero-order valence-corrected chi connectivity index (χ0v) is 15.1. The number of benzene rings is 1. The number of hydrogen-bond acceptors (Lipinski definition) is 3. The lowest BCUT2D eigenvalue weighted by molar-refractivity contribution is -0.137. The number of nitrogens with zero attached hydrogens (tertiary/aromatic N) is 2. The van der Waals surface area contributed by atoms with Gasteiger partial charge in [-0.1, -0.05) is 25.1 Å². The molecule has 0 aliphatic carbocycles. The fourth-order valence-electron chi connectivity index (χ4n) is 4.18. The lowest BCUT2D eigenvalue weighted by atomic mass is 10.0. The van der Waals surface area contributed by atoms with Crippen molar-refractivity contribution >= 4 is 17.5 Å². The van der Waals surface area contributed by atoms with Crippen LogP contribution >= 0.6 is 0 Å². The topological polar surface area (TPSA) is 60.9 Å². The van der Waals surface area contributed by atoms with Crippen molar-refractivity contribution in [3.8, 4) is 0 Å². The molecule has 1 aromatic carbocycles. The minimum atomic E-state index is -0.406. The Morgan fingerprint density at radius 2 is 2.12 bits per heavy atom. The average molecular weight is 344 g/mol. The average Bonchev–Trinajstić information content (AvgIpc) is 3.20. The van der Waals surface area contributed by atoms with Crippen molar-refractivity contribution in [3.63, 3.8) is 0 Å². The van der Waals surface area contributed by atoms with Gasteiger partial charge in [0.15, 0.2) is 0 Å². The Kier molecular flexibility index (Phi) is 5.42. The van der Waals surface area contributed by atoms with Crippen molar-refractivity contribution in [2.75, 3.05) is 18.0 Å². The molecule has 2 heterocycles. The van der Waals surface area contributed by atoms with Crippen LogP contribution in [-0.4, -0.2) is 47.1 Å². The quantitative estimate of drug-likeness (QED) is 0.892. The van der Waals surface area contributed by atoms with Gasteiger partial charge in [-0.05, 0) is 44.2 Å². The monoisotopic (exact) mass is 344 g/mol. The van der Waals surface area contributed by atoms with Gasteiger partial charge in [-0.2, -0.15) is 0 Å². The molecule has 5 heteroatoms. The van der Waals surface area contributed by atoms with E-state index in [2.05, 4.69) is 6.92 Å². The fraction of sp³-hybridized carbons (Fsp3) is 0.600. The summed E-state index contributed by atoms with van der Waals surface area (Å²) < 4.78 is 0. The van der Waals surface area contributed by atoms with Crippen LogP contribution in [0.1, 0.15) is 45.1 Å². The van der Waals surface area contributed by atoms with Gasteiger partial charge in [0.05, 0.1) is 12.0 Å². The smallest absolute Gasteiger partial charge is 0.228 e. The highest BCUT2D eigenvalue weighted by Gasteiger charge is 2.40. The highest BCUT2D eigenvalue weighted by Crippen LogP contribution is 2.31. The second kappa shape index (κ2) is 7.56. The third-order valence-corrected chi connectivity index (χ3v) is 5.41. The van der Waals surface area contributed by atoms with E-state index in [4.69, 9.17) is 0 Å². The summed E-state index contributed by atoms with van der Waals surface area (Å²) in [4.78, 5) is 29.2. The number of carbonyl (C=O) groups is 2. The summed E-state index contributed by atoms with van der Waals surface area (Å²) in [5.74, 6) is -0.162. The van der Waals surface area contributed by atoms with Gasteiger partial charge in [-0.25, -0.2) is 0 Å². The summed E-state index contributed by atoms with van der Waals surface area (Å²) in [6.07, 6.45) is 3.29. The Morgan fingerprint density at radius 1 is 1.36 bits per heavy atom. The number of para-hydroxylation sites is 1. The fourth-order valence-corrected chi connectivity index (χ4v) is 4.18. The van der Waals surface area contributed by atoms with E-state index in [-0.39, 0.29) is 30.2 Å². The van der Waals surface area contributed by atoms with Gasteiger partial charge in [0.25, 0.3) is 0 Å². The summed E-state index contributed by atoms with van der Waals surface area (Å²) in [7, 11) is 0. The van der Waals surface area contributed by atoms with Crippen molar-refractivity contribution in [1.29, 1.82) is 0 Å². The summed E-state index contributed by atoms with van der Waals surface area (Å²) >= 11 is 0. The van der Waals surface area contributed by atoms with E-state index in [0.29, 0.717) is 13.0 Å². The summed E-state index contributed by atoms with van der Waals surface area (Å²) in [5, 5.41) is 9.67. The van der Waals surface area contributed by atoms with E-state index in [9.17, 15) is 14.7 Å². The molecule has 25 heavy (non-hydrogen) atoms. The third kappa shape index (κ3) is 3.71. The van der Waals surface area contributed by atoms with Gasteiger partial charge in [0.1, 0.15) is 0 Å². The Bertz CT molecular complexity index is 644. The second-order valence-corrected chi connectivity index (χ2v) is 7.30. The van der Waals surface area contributed by atoms with Crippen LogP contribution in [0.25, 0.3) is 0 Å². The summed E-state index contributed by atoms with van der Waals surface area (Å²) in [5.41, 5.74) is 2.07. The minimum Gasteiger partial charge on any atom is -0.393 e. The third-order valence-electron chi connectivity index (χ3n) is 5.41. The van der Waals surface area contributed by atoms with Crippen molar-refractivity contribution in [1.82, 2.24) is 4.90 Å². The molecule has 0 radical (unpaired) electrons. The predicted molar refractivity (Wildman–Crippen MR) is 97.3 cm³/mol. The number of rotatable bonds is 5. The maximum atomic E-state index is 13.0. The molecule has 0 aromatic heterocycles. The molecule has 5 nitrogen and oxygen atoms in total. The lowest BCUT2D eigenvalue weighted by Crippen LogP contribution is -2.41. The zero-order chi connectivity index (χ0) is 18.0. The van der Waals surface area contributed by atoms with Gasteiger partial charge in [-0.3, -0.25) is 9.59 Å². The van der Waals surface area contributed by atoms with E-state index >= 15 is 0 Å². The van der Waals surface area contributed by atoms with Gasteiger partial charge < -0.3 is 14.9 Å². The first kappa shape index (κ1) is 17.9. The number of hydrogen-bond donors (Lipinski definition) is 1. The molecule has 2 amide bonds. The van der Waals surface area contributed by atoms with Crippen molar-refractivity contribution in [3.05, 3.63) is 29.8 Å². The van der Waals surface area contributed by atoms with Crippen LogP contribution in [0.2, 0.25) is 0 Å². The molecule has 2 saturated heterocycles. The number of aryl methyl sites for hydroxylation is 1. The molecule has 0 saturated carbocycles. The highest BCUT2D eigenvalue weighted by molar-refractivity contribution is 6.00.